The van der Waals surface area contributed by atoms with E-state index < -0.39 is 0 Å². The Labute approximate surface area is 122 Å². The van der Waals surface area contributed by atoms with E-state index in [9.17, 15) is 0 Å². The molecule has 1 aliphatic carbocycles. The van der Waals surface area contributed by atoms with Gasteiger partial charge in [-0.3, -0.25) is 0 Å². The van der Waals surface area contributed by atoms with Crippen molar-refractivity contribution in [3.05, 3.63) is 40.9 Å². The Morgan fingerprint density at radius 1 is 1.26 bits per heavy atom. The number of alkyl halides is 1. The maximum Gasteiger partial charge on any atom is 0.123 e. The number of halogens is 1. The minimum atomic E-state index is 0.476. The number of ether oxygens (including phenoxy) is 1. The van der Waals surface area contributed by atoms with E-state index >= 15 is 0 Å². The molecular weight excluding hydrogens is 278 g/mol. The zero-order valence-electron chi connectivity index (χ0n) is 10.6. The number of rotatable bonds is 6. The van der Waals surface area contributed by atoms with E-state index in [1.165, 1.54) is 18.4 Å². The first-order valence-corrected chi connectivity index (χ1v) is 7.94. The SMILES string of the molecule is ClCc1csc(-c2ccc(COCC3CC3)cc2)n1. The van der Waals surface area contributed by atoms with Crippen LogP contribution in [-0.2, 0) is 17.2 Å². The fourth-order valence-corrected chi connectivity index (χ4v) is 2.93. The van der Waals surface area contributed by atoms with Crippen LogP contribution in [0, 0.1) is 5.92 Å². The lowest BCUT2D eigenvalue weighted by molar-refractivity contribution is 0.111. The second kappa shape index (κ2) is 6.04. The Morgan fingerprint density at radius 3 is 2.68 bits per heavy atom. The van der Waals surface area contributed by atoms with Gasteiger partial charge in [0.15, 0.2) is 0 Å². The van der Waals surface area contributed by atoms with E-state index in [-0.39, 0.29) is 0 Å². The predicted molar refractivity (Wildman–Crippen MR) is 79.5 cm³/mol. The van der Waals surface area contributed by atoms with Gasteiger partial charge in [-0.2, -0.15) is 0 Å². The van der Waals surface area contributed by atoms with Gasteiger partial charge in [-0.25, -0.2) is 4.98 Å². The van der Waals surface area contributed by atoms with Crippen LogP contribution < -0.4 is 0 Å². The summed E-state index contributed by atoms with van der Waals surface area (Å²) in [6.07, 6.45) is 2.68. The third kappa shape index (κ3) is 3.56. The minimum Gasteiger partial charge on any atom is -0.376 e. The Morgan fingerprint density at radius 2 is 2.05 bits per heavy atom. The number of benzene rings is 1. The second-order valence-electron chi connectivity index (χ2n) is 4.93. The molecule has 19 heavy (non-hydrogen) atoms. The number of thiazole rings is 1. The van der Waals surface area contributed by atoms with Crippen LogP contribution in [0.3, 0.4) is 0 Å². The van der Waals surface area contributed by atoms with Gasteiger partial charge in [0, 0.05) is 17.6 Å². The summed E-state index contributed by atoms with van der Waals surface area (Å²) in [4.78, 5) is 4.48. The van der Waals surface area contributed by atoms with Crippen LogP contribution in [0.1, 0.15) is 24.1 Å². The highest BCUT2D eigenvalue weighted by atomic mass is 35.5. The van der Waals surface area contributed by atoms with E-state index in [1.807, 2.05) is 5.38 Å². The Bertz CT molecular complexity index is 533. The molecule has 0 saturated heterocycles. The molecule has 0 radical (unpaired) electrons. The highest BCUT2D eigenvalue weighted by molar-refractivity contribution is 7.13. The third-order valence-electron chi connectivity index (χ3n) is 3.21. The molecule has 1 saturated carbocycles. The number of hydrogen-bond acceptors (Lipinski definition) is 3. The molecule has 1 aliphatic rings. The summed E-state index contributed by atoms with van der Waals surface area (Å²) >= 11 is 7.40. The van der Waals surface area contributed by atoms with Crippen molar-refractivity contribution in [2.24, 2.45) is 5.92 Å². The molecule has 0 unspecified atom stereocenters. The van der Waals surface area contributed by atoms with Gasteiger partial charge in [-0.05, 0) is 24.3 Å². The lowest BCUT2D eigenvalue weighted by Crippen LogP contribution is -1.96. The Hall–Kier alpha value is -0.900. The molecule has 0 aliphatic heterocycles. The molecule has 0 atom stereocenters. The largest absolute Gasteiger partial charge is 0.376 e. The molecule has 0 amide bonds. The fourth-order valence-electron chi connectivity index (χ4n) is 1.87. The summed E-state index contributed by atoms with van der Waals surface area (Å²) in [7, 11) is 0. The summed E-state index contributed by atoms with van der Waals surface area (Å²) in [5.41, 5.74) is 3.31. The van der Waals surface area contributed by atoms with Gasteiger partial charge in [0.25, 0.3) is 0 Å². The average molecular weight is 294 g/mol. The van der Waals surface area contributed by atoms with Crippen molar-refractivity contribution in [2.75, 3.05) is 6.61 Å². The van der Waals surface area contributed by atoms with Crippen LogP contribution in [0.4, 0.5) is 0 Å². The van der Waals surface area contributed by atoms with Crippen LogP contribution >= 0.6 is 22.9 Å². The number of aromatic nitrogens is 1. The summed E-state index contributed by atoms with van der Waals surface area (Å²) in [5, 5.41) is 3.04. The third-order valence-corrected chi connectivity index (χ3v) is 4.42. The molecule has 0 N–H and O–H groups in total. The van der Waals surface area contributed by atoms with Crippen molar-refractivity contribution in [3.8, 4) is 10.6 Å². The Balaban J connectivity index is 1.60. The molecule has 4 heteroatoms. The summed E-state index contributed by atoms with van der Waals surface area (Å²) in [6.45, 7) is 1.62. The van der Waals surface area contributed by atoms with Crippen LogP contribution in [0.15, 0.2) is 29.6 Å². The highest BCUT2D eigenvalue weighted by Gasteiger charge is 2.20. The summed E-state index contributed by atoms with van der Waals surface area (Å²) in [5.74, 6) is 1.30. The molecule has 100 valence electrons. The van der Waals surface area contributed by atoms with E-state index in [4.69, 9.17) is 16.3 Å². The van der Waals surface area contributed by atoms with Crippen molar-refractivity contribution in [3.63, 3.8) is 0 Å². The van der Waals surface area contributed by atoms with Crippen molar-refractivity contribution in [1.82, 2.24) is 4.98 Å². The molecule has 1 heterocycles. The zero-order valence-corrected chi connectivity index (χ0v) is 12.2. The minimum absolute atomic E-state index is 0.476. The smallest absolute Gasteiger partial charge is 0.123 e. The van der Waals surface area contributed by atoms with E-state index in [0.29, 0.717) is 12.5 Å². The normalized spacial score (nSPS) is 14.8. The van der Waals surface area contributed by atoms with Crippen LogP contribution in [0.5, 0.6) is 0 Å². The van der Waals surface area contributed by atoms with Crippen molar-refractivity contribution >= 4 is 22.9 Å². The van der Waals surface area contributed by atoms with Gasteiger partial charge in [0.1, 0.15) is 5.01 Å². The second-order valence-corrected chi connectivity index (χ2v) is 6.06. The van der Waals surface area contributed by atoms with Gasteiger partial charge in [-0.1, -0.05) is 24.3 Å². The predicted octanol–water partition coefficient (Wildman–Crippen LogP) is 4.48. The van der Waals surface area contributed by atoms with Gasteiger partial charge in [0.2, 0.25) is 0 Å². The lowest BCUT2D eigenvalue weighted by atomic mass is 10.1. The molecule has 2 aromatic rings. The van der Waals surface area contributed by atoms with Crippen LogP contribution in [-0.4, -0.2) is 11.6 Å². The van der Waals surface area contributed by atoms with Gasteiger partial charge in [-0.15, -0.1) is 22.9 Å². The average Bonchev–Trinajstić information content (AvgIpc) is 3.15. The van der Waals surface area contributed by atoms with Crippen molar-refractivity contribution in [2.45, 2.75) is 25.3 Å². The monoisotopic (exact) mass is 293 g/mol. The molecule has 1 fully saturated rings. The first-order chi connectivity index (χ1) is 9.35. The van der Waals surface area contributed by atoms with Crippen molar-refractivity contribution in [1.29, 1.82) is 0 Å². The standard InChI is InChI=1S/C15H16ClNOS/c16-7-14-10-19-15(17-14)13-5-3-12(4-6-13)9-18-8-11-1-2-11/h3-6,10-11H,1-2,7-9H2. The van der Waals surface area contributed by atoms with E-state index in [0.717, 1.165) is 28.8 Å². The Kier molecular flexibility index (Phi) is 4.16. The van der Waals surface area contributed by atoms with Crippen LogP contribution in [0.25, 0.3) is 10.6 Å². The maximum atomic E-state index is 5.77. The fraction of sp³-hybridized carbons (Fsp3) is 0.400. The number of nitrogens with zero attached hydrogens (tertiary/aromatic N) is 1. The molecule has 1 aromatic heterocycles. The molecule has 1 aromatic carbocycles. The quantitative estimate of drug-likeness (QED) is 0.733. The first kappa shape index (κ1) is 13.1. The maximum absolute atomic E-state index is 5.77. The molecule has 0 spiro atoms. The zero-order chi connectivity index (χ0) is 13.1. The van der Waals surface area contributed by atoms with Gasteiger partial charge >= 0.3 is 0 Å². The van der Waals surface area contributed by atoms with Crippen molar-refractivity contribution < 1.29 is 4.74 Å². The molecule has 0 bridgehead atoms. The molecule has 3 rings (SSSR count). The van der Waals surface area contributed by atoms with Gasteiger partial charge in [0.05, 0.1) is 18.2 Å². The molecule has 2 nitrogen and oxygen atoms in total. The molecular formula is C15H16ClNOS. The number of hydrogen-bond donors (Lipinski definition) is 0. The van der Waals surface area contributed by atoms with Crippen LogP contribution in [0.2, 0.25) is 0 Å². The first-order valence-electron chi connectivity index (χ1n) is 6.52. The van der Waals surface area contributed by atoms with Gasteiger partial charge < -0.3 is 4.74 Å². The summed E-state index contributed by atoms with van der Waals surface area (Å²) < 4.78 is 5.68. The lowest BCUT2D eigenvalue weighted by Gasteiger charge is -2.04. The summed E-state index contributed by atoms with van der Waals surface area (Å²) in [6, 6.07) is 8.44. The van der Waals surface area contributed by atoms with E-state index in [2.05, 4.69) is 29.2 Å². The topological polar surface area (TPSA) is 22.1 Å². The highest BCUT2D eigenvalue weighted by Crippen LogP contribution is 2.29. The van der Waals surface area contributed by atoms with E-state index in [1.54, 1.807) is 11.3 Å².